The smallest absolute Gasteiger partial charge is 0.223 e. The van der Waals surface area contributed by atoms with Crippen molar-refractivity contribution < 1.29 is 4.79 Å². The van der Waals surface area contributed by atoms with Gasteiger partial charge in [-0.3, -0.25) is 4.79 Å². The zero-order valence-corrected chi connectivity index (χ0v) is 14.8. The molecule has 0 spiro atoms. The minimum Gasteiger partial charge on any atom is -0.335 e. The van der Waals surface area contributed by atoms with Crippen LogP contribution in [0.1, 0.15) is 24.0 Å². The minimum absolute atomic E-state index is 0.278. The molecule has 1 atom stereocenters. The fourth-order valence-corrected chi connectivity index (χ4v) is 3.74. The van der Waals surface area contributed by atoms with Crippen LogP contribution < -0.4 is 0 Å². The Labute approximate surface area is 155 Å². The second-order valence-corrected chi connectivity index (χ2v) is 6.97. The highest BCUT2D eigenvalue weighted by Gasteiger charge is 2.30. The molecule has 130 valence electrons. The number of carbonyl (C=O) groups excluding carboxylic acids is 1. The number of amides is 1. The Morgan fingerprint density at radius 2 is 1.35 bits per heavy atom. The molecule has 0 radical (unpaired) electrons. The van der Waals surface area contributed by atoms with E-state index < -0.39 is 0 Å². The first kappa shape index (κ1) is 16.6. The Morgan fingerprint density at radius 3 is 2.04 bits per heavy atom. The highest BCUT2D eigenvalue weighted by Crippen LogP contribution is 2.26. The van der Waals surface area contributed by atoms with Gasteiger partial charge in [0.15, 0.2) is 0 Å². The van der Waals surface area contributed by atoms with Crippen LogP contribution >= 0.6 is 0 Å². The molecule has 1 amide bonds. The first-order valence-electron chi connectivity index (χ1n) is 9.27. The summed E-state index contributed by atoms with van der Waals surface area (Å²) in [5.41, 5.74) is 4.97. The molecule has 4 rings (SSSR count). The van der Waals surface area contributed by atoms with Crippen LogP contribution in [-0.4, -0.2) is 16.8 Å². The molecule has 2 heteroatoms. The number of carbonyl (C=O) groups is 1. The van der Waals surface area contributed by atoms with E-state index in [9.17, 15) is 4.79 Å². The van der Waals surface area contributed by atoms with Crippen molar-refractivity contribution in [3.8, 4) is 11.1 Å². The summed E-state index contributed by atoms with van der Waals surface area (Å²) in [5, 5.41) is 0. The summed E-state index contributed by atoms with van der Waals surface area (Å²) < 4.78 is 0. The highest BCUT2D eigenvalue weighted by atomic mass is 16.2. The Morgan fingerprint density at radius 1 is 0.731 bits per heavy atom. The van der Waals surface area contributed by atoms with Crippen LogP contribution in [0.25, 0.3) is 11.1 Å². The quantitative estimate of drug-likeness (QED) is 0.633. The minimum atomic E-state index is 0.278. The lowest BCUT2D eigenvalue weighted by molar-refractivity contribution is -0.129. The maximum absolute atomic E-state index is 12.3. The molecule has 1 heterocycles. The monoisotopic (exact) mass is 341 g/mol. The number of hydrogen-bond donors (Lipinski definition) is 0. The van der Waals surface area contributed by atoms with Crippen LogP contribution in [0.3, 0.4) is 0 Å². The second-order valence-electron chi connectivity index (χ2n) is 6.97. The summed E-state index contributed by atoms with van der Waals surface area (Å²) in [5.74, 6) is 0.278. The van der Waals surface area contributed by atoms with E-state index in [1.54, 1.807) is 0 Å². The lowest BCUT2D eigenvalue weighted by Crippen LogP contribution is -2.33. The number of nitrogens with zero attached hydrogens (tertiary/aromatic N) is 1. The molecule has 26 heavy (non-hydrogen) atoms. The molecule has 0 unspecified atom stereocenters. The standard InChI is InChI=1S/C24H23NO/c26-24-16-15-23(25(24)18-20-7-3-1-4-8-20)17-19-11-13-22(14-12-19)21-9-5-2-6-10-21/h1-14,23H,15-18H2/t23-/m0/s1. The lowest BCUT2D eigenvalue weighted by Gasteiger charge is -2.25. The molecule has 3 aromatic rings. The largest absolute Gasteiger partial charge is 0.335 e. The molecular weight excluding hydrogens is 318 g/mol. The van der Waals surface area contributed by atoms with Crippen molar-refractivity contribution in [2.45, 2.75) is 31.8 Å². The van der Waals surface area contributed by atoms with Gasteiger partial charge >= 0.3 is 0 Å². The van der Waals surface area contributed by atoms with Crippen molar-refractivity contribution in [2.75, 3.05) is 0 Å². The topological polar surface area (TPSA) is 20.3 Å². The third kappa shape index (κ3) is 3.70. The predicted octanol–water partition coefficient (Wildman–Crippen LogP) is 5.09. The molecule has 2 nitrogen and oxygen atoms in total. The molecule has 1 aliphatic heterocycles. The molecule has 0 aliphatic carbocycles. The van der Waals surface area contributed by atoms with E-state index in [1.807, 2.05) is 24.3 Å². The van der Waals surface area contributed by atoms with E-state index in [0.717, 1.165) is 12.8 Å². The van der Waals surface area contributed by atoms with Gasteiger partial charge in [-0.15, -0.1) is 0 Å². The molecule has 1 fully saturated rings. The van der Waals surface area contributed by atoms with E-state index in [1.165, 1.54) is 22.3 Å². The first-order chi connectivity index (χ1) is 12.8. The maximum Gasteiger partial charge on any atom is 0.223 e. The summed E-state index contributed by atoms with van der Waals surface area (Å²) in [4.78, 5) is 14.4. The average Bonchev–Trinajstić information content (AvgIpc) is 3.03. The van der Waals surface area contributed by atoms with Gasteiger partial charge in [-0.25, -0.2) is 0 Å². The number of benzene rings is 3. The normalized spacial score (nSPS) is 16.8. The van der Waals surface area contributed by atoms with Crippen LogP contribution in [0, 0.1) is 0 Å². The van der Waals surface area contributed by atoms with Crippen LogP contribution in [0.5, 0.6) is 0 Å². The van der Waals surface area contributed by atoms with Crippen LogP contribution in [0.2, 0.25) is 0 Å². The molecule has 0 saturated carbocycles. The van der Waals surface area contributed by atoms with Crippen molar-refractivity contribution in [3.63, 3.8) is 0 Å². The Balaban J connectivity index is 1.46. The molecule has 1 aliphatic rings. The van der Waals surface area contributed by atoms with Gasteiger partial charge in [-0.2, -0.15) is 0 Å². The molecule has 3 aromatic carbocycles. The van der Waals surface area contributed by atoms with Gasteiger partial charge in [-0.1, -0.05) is 84.9 Å². The molecular formula is C24H23NO. The average molecular weight is 341 g/mol. The fraction of sp³-hybridized carbons (Fsp3) is 0.208. The van der Waals surface area contributed by atoms with Gasteiger partial charge < -0.3 is 4.90 Å². The predicted molar refractivity (Wildman–Crippen MR) is 106 cm³/mol. The van der Waals surface area contributed by atoms with E-state index in [4.69, 9.17) is 0 Å². The van der Waals surface area contributed by atoms with Crippen LogP contribution in [0.4, 0.5) is 0 Å². The van der Waals surface area contributed by atoms with Gasteiger partial charge in [0.05, 0.1) is 0 Å². The molecule has 0 bridgehead atoms. The third-order valence-electron chi connectivity index (χ3n) is 5.18. The summed E-state index contributed by atoms with van der Waals surface area (Å²) in [7, 11) is 0. The number of rotatable bonds is 5. The number of hydrogen-bond acceptors (Lipinski definition) is 1. The van der Waals surface area contributed by atoms with Crippen molar-refractivity contribution in [1.29, 1.82) is 0 Å². The lowest BCUT2D eigenvalue weighted by atomic mass is 9.99. The number of likely N-dealkylation sites (tertiary alicyclic amines) is 1. The fourth-order valence-electron chi connectivity index (χ4n) is 3.74. The Hall–Kier alpha value is -2.87. The summed E-state index contributed by atoms with van der Waals surface area (Å²) in [6.07, 6.45) is 2.54. The van der Waals surface area contributed by atoms with Crippen molar-refractivity contribution in [1.82, 2.24) is 4.90 Å². The summed E-state index contributed by atoms with van der Waals surface area (Å²) in [6.45, 7) is 0.715. The van der Waals surface area contributed by atoms with Crippen molar-refractivity contribution in [2.24, 2.45) is 0 Å². The Kier molecular flexibility index (Phi) is 4.83. The van der Waals surface area contributed by atoms with Crippen LogP contribution in [0.15, 0.2) is 84.9 Å². The van der Waals surface area contributed by atoms with E-state index in [-0.39, 0.29) is 5.91 Å². The zero-order chi connectivity index (χ0) is 17.8. The molecule has 0 aromatic heterocycles. The molecule has 0 N–H and O–H groups in total. The van der Waals surface area contributed by atoms with Gasteiger partial charge in [0, 0.05) is 19.0 Å². The second kappa shape index (κ2) is 7.57. The summed E-state index contributed by atoms with van der Waals surface area (Å²) in [6, 6.07) is 29.8. The van der Waals surface area contributed by atoms with E-state index in [2.05, 4.69) is 65.6 Å². The molecule has 1 saturated heterocycles. The van der Waals surface area contributed by atoms with Gasteiger partial charge in [-0.05, 0) is 35.1 Å². The Bertz CT molecular complexity index is 856. The van der Waals surface area contributed by atoms with Gasteiger partial charge in [0.1, 0.15) is 0 Å². The third-order valence-corrected chi connectivity index (χ3v) is 5.18. The van der Waals surface area contributed by atoms with Crippen molar-refractivity contribution in [3.05, 3.63) is 96.1 Å². The van der Waals surface area contributed by atoms with E-state index >= 15 is 0 Å². The zero-order valence-electron chi connectivity index (χ0n) is 14.8. The highest BCUT2D eigenvalue weighted by molar-refractivity contribution is 5.78. The summed E-state index contributed by atoms with van der Waals surface area (Å²) >= 11 is 0. The SMILES string of the molecule is O=C1CC[C@@H](Cc2ccc(-c3ccccc3)cc2)N1Cc1ccccc1. The van der Waals surface area contributed by atoms with Crippen LogP contribution in [-0.2, 0) is 17.8 Å². The van der Waals surface area contributed by atoms with Gasteiger partial charge in [0.2, 0.25) is 5.91 Å². The van der Waals surface area contributed by atoms with E-state index in [0.29, 0.717) is 19.0 Å². The van der Waals surface area contributed by atoms with Crippen molar-refractivity contribution >= 4 is 5.91 Å². The first-order valence-corrected chi connectivity index (χ1v) is 9.27. The van der Waals surface area contributed by atoms with Gasteiger partial charge in [0.25, 0.3) is 0 Å². The maximum atomic E-state index is 12.3.